The molecule has 11 heteroatoms. The number of amides is 2. The summed E-state index contributed by atoms with van der Waals surface area (Å²) in [6.07, 6.45) is -8.49. The van der Waals surface area contributed by atoms with Crippen LogP contribution in [-0.4, -0.2) is 40.8 Å². The van der Waals surface area contributed by atoms with Crippen LogP contribution < -0.4 is 4.90 Å². The average molecular weight is 473 g/mol. The van der Waals surface area contributed by atoms with Crippen LogP contribution in [0.2, 0.25) is 0 Å². The van der Waals surface area contributed by atoms with Crippen LogP contribution in [0.3, 0.4) is 0 Å². The van der Waals surface area contributed by atoms with Crippen LogP contribution in [0.15, 0.2) is 42.6 Å². The van der Waals surface area contributed by atoms with E-state index in [0.717, 1.165) is 30.5 Å². The molecule has 1 aromatic heterocycles. The molecule has 3 rings (SSSR count). The topological polar surface area (TPSA) is 53.5 Å². The second kappa shape index (κ2) is 9.03. The number of ketones is 1. The van der Waals surface area contributed by atoms with Gasteiger partial charge in [-0.3, -0.25) is 9.69 Å². The van der Waals surface area contributed by atoms with Crippen LogP contribution in [0.4, 0.5) is 36.8 Å². The molecule has 2 heterocycles. The van der Waals surface area contributed by atoms with Crippen molar-refractivity contribution >= 4 is 17.5 Å². The zero-order valence-corrected chi connectivity index (χ0v) is 17.7. The van der Waals surface area contributed by atoms with Gasteiger partial charge in [0.1, 0.15) is 5.69 Å². The lowest BCUT2D eigenvalue weighted by atomic mass is 10.0. The van der Waals surface area contributed by atoms with Gasteiger partial charge >= 0.3 is 18.4 Å². The second-order valence-corrected chi connectivity index (χ2v) is 8.15. The maximum Gasteiger partial charge on any atom is 0.433 e. The van der Waals surface area contributed by atoms with Gasteiger partial charge in [-0.1, -0.05) is 32.0 Å². The summed E-state index contributed by atoms with van der Waals surface area (Å²) in [4.78, 5) is 31.5. The Morgan fingerprint density at radius 3 is 2.33 bits per heavy atom. The third-order valence-corrected chi connectivity index (χ3v) is 5.37. The SMILES string of the molecule is CC(C)C1CN(c2ccc(C(F)(F)F)nc2)C(=O)N1CC(=O)Cc1cccc(C(F)(F)F)c1. The highest BCUT2D eigenvalue weighted by molar-refractivity contribution is 5.97. The highest BCUT2D eigenvalue weighted by Crippen LogP contribution is 2.32. The molecule has 1 aliphatic heterocycles. The van der Waals surface area contributed by atoms with E-state index >= 15 is 0 Å². The number of pyridine rings is 1. The van der Waals surface area contributed by atoms with E-state index < -0.39 is 41.5 Å². The Labute approximate surface area is 186 Å². The average Bonchev–Trinajstić information content (AvgIpc) is 3.03. The third-order valence-electron chi connectivity index (χ3n) is 5.37. The van der Waals surface area contributed by atoms with E-state index in [0.29, 0.717) is 0 Å². The van der Waals surface area contributed by atoms with Crippen molar-refractivity contribution in [3.8, 4) is 0 Å². The minimum atomic E-state index is -4.62. The molecule has 0 aliphatic carbocycles. The molecular formula is C22H21F6N3O2. The lowest BCUT2D eigenvalue weighted by molar-refractivity contribution is -0.141. The van der Waals surface area contributed by atoms with Crippen LogP contribution in [0.25, 0.3) is 0 Å². The third kappa shape index (κ3) is 5.63. The van der Waals surface area contributed by atoms with Crippen molar-refractivity contribution in [1.82, 2.24) is 9.88 Å². The lowest BCUT2D eigenvalue weighted by Crippen LogP contribution is -2.41. The molecule has 0 saturated carbocycles. The molecule has 0 bridgehead atoms. The molecule has 5 nitrogen and oxygen atoms in total. The Hall–Kier alpha value is -3.11. The van der Waals surface area contributed by atoms with Gasteiger partial charge in [0.25, 0.3) is 0 Å². The van der Waals surface area contributed by atoms with E-state index in [1.807, 2.05) is 13.8 Å². The van der Waals surface area contributed by atoms with E-state index in [9.17, 15) is 35.9 Å². The lowest BCUT2D eigenvalue weighted by Gasteiger charge is -2.25. The number of benzene rings is 1. The number of alkyl halides is 6. The largest absolute Gasteiger partial charge is 0.433 e. The molecule has 2 aromatic rings. The van der Waals surface area contributed by atoms with Crippen LogP contribution in [0, 0.1) is 5.92 Å². The molecule has 2 amide bonds. The zero-order valence-electron chi connectivity index (χ0n) is 17.7. The maximum atomic E-state index is 13.0. The summed E-state index contributed by atoms with van der Waals surface area (Å²) in [6, 6.07) is 5.33. The van der Waals surface area contributed by atoms with Gasteiger partial charge in [0.15, 0.2) is 5.78 Å². The quantitative estimate of drug-likeness (QED) is 0.542. The summed E-state index contributed by atoms with van der Waals surface area (Å²) in [5.74, 6) is -0.538. The highest BCUT2D eigenvalue weighted by atomic mass is 19.4. The standard InChI is InChI=1S/C22H21F6N3O2/c1-13(2)18-12-30(16-6-7-19(29-10-16)22(26,27)28)20(33)31(18)11-17(32)9-14-4-3-5-15(8-14)21(23,24)25/h3-8,10,13,18H,9,11-12H2,1-2H3. The smallest absolute Gasteiger partial charge is 0.312 e. The van der Waals surface area contributed by atoms with Gasteiger partial charge in [0, 0.05) is 13.0 Å². The summed E-state index contributed by atoms with van der Waals surface area (Å²) in [5.41, 5.74) is -1.63. The van der Waals surface area contributed by atoms with Gasteiger partial charge in [-0.25, -0.2) is 9.78 Å². The van der Waals surface area contributed by atoms with Crippen molar-refractivity contribution in [2.24, 2.45) is 5.92 Å². The van der Waals surface area contributed by atoms with E-state index in [-0.39, 0.29) is 36.7 Å². The molecule has 0 radical (unpaired) electrons. The molecule has 178 valence electrons. The molecule has 1 unspecified atom stereocenters. The van der Waals surface area contributed by atoms with Gasteiger partial charge < -0.3 is 4.90 Å². The Morgan fingerprint density at radius 1 is 1.09 bits per heavy atom. The number of urea groups is 1. The fraction of sp³-hybridized carbons (Fsp3) is 0.409. The van der Waals surface area contributed by atoms with Crippen LogP contribution in [0.1, 0.15) is 30.7 Å². The van der Waals surface area contributed by atoms with Gasteiger partial charge in [0.05, 0.1) is 30.0 Å². The van der Waals surface area contributed by atoms with Crippen molar-refractivity contribution in [1.29, 1.82) is 0 Å². The summed E-state index contributed by atoms with van der Waals surface area (Å²) in [5, 5.41) is 0. The van der Waals surface area contributed by atoms with E-state index in [1.54, 1.807) is 0 Å². The maximum absolute atomic E-state index is 13.0. The first-order chi connectivity index (χ1) is 15.3. The van der Waals surface area contributed by atoms with Crippen molar-refractivity contribution < 1.29 is 35.9 Å². The fourth-order valence-electron chi connectivity index (χ4n) is 3.68. The van der Waals surface area contributed by atoms with Crippen LogP contribution in [0.5, 0.6) is 0 Å². The number of hydrogen-bond acceptors (Lipinski definition) is 3. The molecule has 0 spiro atoms. The van der Waals surface area contributed by atoms with Crippen molar-refractivity contribution in [3.05, 3.63) is 59.4 Å². The first-order valence-electron chi connectivity index (χ1n) is 10.1. The number of halogens is 6. The number of anilines is 1. The molecule has 0 N–H and O–H groups in total. The summed E-state index contributed by atoms with van der Waals surface area (Å²) >= 11 is 0. The Morgan fingerprint density at radius 2 is 1.79 bits per heavy atom. The minimum absolute atomic E-state index is 0.0808. The molecule has 1 fully saturated rings. The van der Waals surface area contributed by atoms with Gasteiger partial charge in [-0.05, 0) is 29.7 Å². The van der Waals surface area contributed by atoms with Crippen LogP contribution in [-0.2, 0) is 23.6 Å². The monoisotopic (exact) mass is 473 g/mol. The molecule has 1 saturated heterocycles. The number of rotatable bonds is 6. The number of nitrogens with zero attached hydrogens (tertiary/aromatic N) is 3. The Kier molecular flexibility index (Phi) is 6.71. The summed E-state index contributed by atoms with van der Waals surface area (Å²) < 4.78 is 77.0. The van der Waals surface area contributed by atoms with Gasteiger partial charge in [0.2, 0.25) is 0 Å². The first-order valence-corrected chi connectivity index (χ1v) is 10.1. The predicted octanol–water partition coefficient (Wildman–Crippen LogP) is 5.20. The van der Waals surface area contributed by atoms with E-state index in [4.69, 9.17) is 0 Å². The second-order valence-electron chi connectivity index (χ2n) is 8.15. The minimum Gasteiger partial charge on any atom is -0.312 e. The number of Topliss-reactive ketones (excluding diaryl/α,β-unsaturated/α-hetero) is 1. The fourth-order valence-corrected chi connectivity index (χ4v) is 3.68. The van der Waals surface area contributed by atoms with Crippen LogP contribution >= 0.6 is 0 Å². The predicted molar refractivity (Wildman–Crippen MR) is 107 cm³/mol. The number of hydrogen-bond donors (Lipinski definition) is 0. The summed E-state index contributed by atoms with van der Waals surface area (Å²) in [7, 11) is 0. The van der Waals surface area contributed by atoms with E-state index in [1.165, 1.54) is 21.9 Å². The van der Waals surface area contributed by atoms with E-state index in [2.05, 4.69) is 4.98 Å². The molecule has 33 heavy (non-hydrogen) atoms. The normalized spacial score (nSPS) is 17.2. The Balaban J connectivity index is 1.75. The number of carbonyl (C=O) groups is 2. The number of carbonyl (C=O) groups excluding carboxylic acids is 2. The van der Waals surface area contributed by atoms with Gasteiger partial charge in [-0.2, -0.15) is 26.3 Å². The first kappa shape index (κ1) is 24.5. The van der Waals surface area contributed by atoms with Crippen molar-refractivity contribution in [2.45, 2.75) is 38.7 Å². The highest BCUT2D eigenvalue weighted by Gasteiger charge is 2.41. The molecule has 1 aliphatic rings. The molecule has 1 aromatic carbocycles. The summed E-state index contributed by atoms with van der Waals surface area (Å²) in [6.45, 7) is 3.47. The number of aromatic nitrogens is 1. The van der Waals surface area contributed by atoms with Crippen molar-refractivity contribution in [2.75, 3.05) is 18.0 Å². The van der Waals surface area contributed by atoms with Gasteiger partial charge in [-0.15, -0.1) is 0 Å². The zero-order chi connectivity index (χ0) is 24.6. The molecule has 1 atom stereocenters. The molecular weight excluding hydrogens is 452 g/mol. The Bertz CT molecular complexity index is 1020. The van der Waals surface area contributed by atoms with Crippen molar-refractivity contribution in [3.63, 3.8) is 0 Å².